The second kappa shape index (κ2) is 6.97. The van der Waals surface area contributed by atoms with Gasteiger partial charge in [0.1, 0.15) is 17.4 Å². The molecule has 28 heavy (non-hydrogen) atoms. The number of fused-ring (bicyclic) bond motifs is 1. The number of carbonyl (C=O) groups is 2. The molecule has 3 aromatic rings. The van der Waals surface area contributed by atoms with E-state index in [4.69, 9.17) is 9.47 Å². The maximum Gasteiger partial charge on any atom is 0.340 e. The van der Waals surface area contributed by atoms with Gasteiger partial charge >= 0.3 is 5.97 Å². The molecule has 0 aliphatic carbocycles. The number of anilines is 1. The molecule has 1 aromatic heterocycles. The first kappa shape index (κ1) is 18.0. The minimum Gasteiger partial charge on any atom is -0.503 e. The number of benzene rings is 2. The van der Waals surface area contributed by atoms with Crippen LogP contribution in [0, 0.1) is 0 Å². The minimum absolute atomic E-state index is 0.114. The van der Waals surface area contributed by atoms with E-state index in [1.807, 2.05) is 24.3 Å². The predicted molar refractivity (Wildman–Crippen MR) is 105 cm³/mol. The highest BCUT2D eigenvalue weighted by molar-refractivity contribution is 7.22. The monoisotopic (exact) mass is 396 g/mol. The van der Waals surface area contributed by atoms with E-state index in [1.54, 1.807) is 31.4 Å². The lowest BCUT2D eigenvalue weighted by Crippen LogP contribution is -2.31. The van der Waals surface area contributed by atoms with Crippen LogP contribution in [0.1, 0.15) is 11.6 Å². The quantitative estimate of drug-likeness (QED) is 0.680. The molecule has 7 nitrogen and oxygen atoms in total. The number of aliphatic hydroxyl groups excluding tert-OH is 1. The van der Waals surface area contributed by atoms with Crippen molar-refractivity contribution in [3.63, 3.8) is 0 Å². The molecule has 4 rings (SSSR count). The number of nitrogens with zero attached hydrogens (tertiary/aromatic N) is 2. The van der Waals surface area contributed by atoms with Gasteiger partial charge in [-0.2, -0.15) is 0 Å². The summed E-state index contributed by atoms with van der Waals surface area (Å²) in [6, 6.07) is 13.5. The smallest absolute Gasteiger partial charge is 0.340 e. The highest BCUT2D eigenvalue weighted by Gasteiger charge is 2.46. The summed E-state index contributed by atoms with van der Waals surface area (Å²) in [7, 11) is 2.76. The first-order valence-electron chi connectivity index (χ1n) is 8.39. The second-order valence-corrected chi connectivity index (χ2v) is 7.08. The van der Waals surface area contributed by atoms with E-state index in [1.165, 1.54) is 23.3 Å². The van der Waals surface area contributed by atoms with Crippen molar-refractivity contribution in [2.45, 2.75) is 6.04 Å². The number of esters is 1. The van der Waals surface area contributed by atoms with Gasteiger partial charge in [0.15, 0.2) is 10.9 Å². The van der Waals surface area contributed by atoms with Gasteiger partial charge in [-0.05, 0) is 29.8 Å². The zero-order chi connectivity index (χ0) is 19.8. The molecule has 2 aromatic carbocycles. The van der Waals surface area contributed by atoms with Crippen molar-refractivity contribution in [1.29, 1.82) is 0 Å². The van der Waals surface area contributed by atoms with E-state index in [2.05, 4.69) is 4.98 Å². The molecular weight excluding hydrogens is 380 g/mol. The molecule has 8 heteroatoms. The second-order valence-electron chi connectivity index (χ2n) is 6.07. The van der Waals surface area contributed by atoms with Gasteiger partial charge in [0.05, 0.1) is 24.4 Å². The Balaban J connectivity index is 1.87. The van der Waals surface area contributed by atoms with Crippen LogP contribution in [0.4, 0.5) is 5.13 Å². The molecule has 0 saturated carbocycles. The third-order valence-electron chi connectivity index (χ3n) is 4.53. The molecule has 1 atom stereocenters. The normalized spacial score (nSPS) is 16.7. The van der Waals surface area contributed by atoms with Crippen molar-refractivity contribution < 1.29 is 24.2 Å². The number of hydrogen-bond acceptors (Lipinski definition) is 7. The van der Waals surface area contributed by atoms with Crippen LogP contribution < -0.4 is 9.64 Å². The molecule has 2 heterocycles. The molecule has 1 amide bonds. The van der Waals surface area contributed by atoms with Gasteiger partial charge in [0.25, 0.3) is 5.91 Å². The van der Waals surface area contributed by atoms with Crippen LogP contribution in [-0.2, 0) is 14.3 Å². The lowest BCUT2D eigenvalue weighted by molar-refractivity contribution is -0.136. The number of aromatic nitrogens is 1. The standard InChI is InChI=1S/C20H16N2O5S/c1-26-12-9-7-11(8-10-12)16-15(19(25)27-2)17(23)18(24)22(16)20-21-13-5-3-4-6-14(13)28-20/h3-10,16,23H,1-2H3. The van der Waals surface area contributed by atoms with Crippen molar-refractivity contribution in [2.24, 2.45) is 0 Å². The average molecular weight is 396 g/mol. The Morgan fingerprint density at radius 1 is 1.14 bits per heavy atom. The molecule has 1 aliphatic heterocycles. The summed E-state index contributed by atoms with van der Waals surface area (Å²) >= 11 is 1.31. The number of hydrogen-bond donors (Lipinski definition) is 1. The summed E-state index contributed by atoms with van der Waals surface area (Å²) in [5.74, 6) is -1.46. The number of para-hydroxylation sites is 1. The van der Waals surface area contributed by atoms with Crippen LogP contribution in [0.15, 0.2) is 59.9 Å². The van der Waals surface area contributed by atoms with E-state index in [-0.39, 0.29) is 5.57 Å². The highest BCUT2D eigenvalue weighted by atomic mass is 32.1. The van der Waals surface area contributed by atoms with Crippen LogP contribution in [0.3, 0.4) is 0 Å². The molecule has 142 valence electrons. The van der Waals surface area contributed by atoms with Crippen LogP contribution in [0.2, 0.25) is 0 Å². The van der Waals surface area contributed by atoms with Gasteiger partial charge in [0.2, 0.25) is 0 Å². The topological polar surface area (TPSA) is 89.0 Å². The Morgan fingerprint density at radius 2 is 1.86 bits per heavy atom. The molecule has 1 N–H and O–H groups in total. The van der Waals surface area contributed by atoms with Gasteiger partial charge in [-0.15, -0.1) is 0 Å². The lowest BCUT2D eigenvalue weighted by atomic mass is 9.99. The van der Waals surface area contributed by atoms with Gasteiger partial charge in [0, 0.05) is 0 Å². The maximum atomic E-state index is 12.9. The van der Waals surface area contributed by atoms with E-state index >= 15 is 0 Å². The molecule has 0 saturated heterocycles. The number of thiazole rings is 1. The number of aliphatic hydroxyl groups is 1. The summed E-state index contributed by atoms with van der Waals surface area (Å²) in [6.07, 6.45) is 0. The van der Waals surface area contributed by atoms with Crippen molar-refractivity contribution >= 4 is 38.6 Å². The Bertz CT molecular complexity index is 1070. The Kier molecular flexibility index (Phi) is 4.48. The number of amides is 1. The summed E-state index contributed by atoms with van der Waals surface area (Å²) in [6.45, 7) is 0. The molecule has 1 aliphatic rings. The molecule has 0 fully saturated rings. The SMILES string of the molecule is COC(=O)C1=C(O)C(=O)N(c2nc3ccccc3s2)C1c1ccc(OC)cc1. The van der Waals surface area contributed by atoms with E-state index < -0.39 is 23.7 Å². The van der Waals surface area contributed by atoms with E-state index in [0.717, 1.165) is 10.2 Å². The first-order chi connectivity index (χ1) is 13.5. The highest BCUT2D eigenvalue weighted by Crippen LogP contribution is 2.43. The fraction of sp³-hybridized carbons (Fsp3) is 0.150. The van der Waals surface area contributed by atoms with E-state index in [9.17, 15) is 14.7 Å². The number of ether oxygens (including phenoxy) is 2. The molecule has 0 spiro atoms. The zero-order valence-electron chi connectivity index (χ0n) is 15.1. The van der Waals surface area contributed by atoms with Crippen LogP contribution in [0.5, 0.6) is 5.75 Å². The number of carbonyl (C=O) groups excluding carboxylic acids is 2. The number of methoxy groups -OCH3 is 2. The van der Waals surface area contributed by atoms with Crippen LogP contribution >= 0.6 is 11.3 Å². The Morgan fingerprint density at radius 3 is 2.50 bits per heavy atom. The third-order valence-corrected chi connectivity index (χ3v) is 5.57. The Hall–Kier alpha value is -3.39. The molecular formula is C20H16N2O5S. The van der Waals surface area contributed by atoms with E-state index in [0.29, 0.717) is 16.4 Å². The predicted octanol–water partition coefficient (Wildman–Crippen LogP) is 3.38. The maximum absolute atomic E-state index is 12.9. The summed E-state index contributed by atoms with van der Waals surface area (Å²) in [5.41, 5.74) is 1.24. The van der Waals surface area contributed by atoms with Crippen LogP contribution in [-0.4, -0.2) is 36.2 Å². The summed E-state index contributed by atoms with van der Waals surface area (Å²) in [4.78, 5) is 31.1. The van der Waals surface area contributed by atoms with Crippen molar-refractivity contribution in [2.75, 3.05) is 19.1 Å². The summed E-state index contributed by atoms with van der Waals surface area (Å²) < 4.78 is 10.9. The number of rotatable bonds is 4. The molecule has 0 radical (unpaired) electrons. The van der Waals surface area contributed by atoms with Crippen molar-refractivity contribution in [3.05, 3.63) is 65.4 Å². The average Bonchev–Trinajstić information content (AvgIpc) is 3.26. The molecule has 1 unspecified atom stereocenters. The zero-order valence-corrected chi connectivity index (χ0v) is 15.9. The fourth-order valence-corrected chi connectivity index (χ4v) is 4.18. The Labute approximate surface area is 164 Å². The van der Waals surface area contributed by atoms with Crippen molar-refractivity contribution in [3.8, 4) is 5.75 Å². The van der Waals surface area contributed by atoms with Gasteiger partial charge < -0.3 is 14.6 Å². The summed E-state index contributed by atoms with van der Waals surface area (Å²) in [5, 5.41) is 10.8. The van der Waals surface area contributed by atoms with Gasteiger partial charge in [-0.3, -0.25) is 9.69 Å². The van der Waals surface area contributed by atoms with Gasteiger partial charge in [-0.1, -0.05) is 35.6 Å². The van der Waals surface area contributed by atoms with Crippen LogP contribution in [0.25, 0.3) is 10.2 Å². The van der Waals surface area contributed by atoms with Gasteiger partial charge in [-0.25, -0.2) is 9.78 Å². The van der Waals surface area contributed by atoms with Crippen molar-refractivity contribution in [1.82, 2.24) is 4.98 Å². The largest absolute Gasteiger partial charge is 0.503 e. The lowest BCUT2D eigenvalue weighted by Gasteiger charge is -2.24. The first-order valence-corrected chi connectivity index (χ1v) is 9.21. The fourth-order valence-electron chi connectivity index (χ4n) is 3.19. The minimum atomic E-state index is -0.855. The molecule has 0 bridgehead atoms. The third kappa shape index (κ3) is 2.78.